The van der Waals surface area contributed by atoms with Gasteiger partial charge in [0.05, 0.1) is 5.69 Å². The van der Waals surface area contributed by atoms with Crippen LogP contribution in [0.1, 0.15) is 41.5 Å². The zero-order valence-corrected chi connectivity index (χ0v) is 11.9. The molecule has 1 aromatic heterocycles. The smallest absolute Gasteiger partial charge is 0.138 e. The van der Waals surface area contributed by atoms with Crippen LogP contribution in [0.2, 0.25) is 0 Å². The lowest BCUT2D eigenvalue weighted by atomic mass is 10.0. The fourth-order valence-electron chi connectivity index (χ4n) is 3.04. The summed E-state index contributed by atoms with van der Waals surface area (Å²) < 4.78 is 18.6. The molecular formula is C16H19FN2O. The topological polar surface area (TPSA) is 29.3 Å². The molecular weight excluding hydrogens is 255 g/mol. The minimum Gasteiger partial charge on any atom is -0.361 e. The number of hydrogen-bond donors (Lipinski definition) is 0. The number of aromatic nitrogens is 1. The second-order valence-corrected chi connectivity index (χ2v) is 5.49. The molecule has 1 saturated heterocycles. The molecule has 2 heterocycles. The molecule has 0 saturated carbocycles. The molecule has 106 valence electrons. The van der Waals surface area contributed by atoms with E-state index in [4.69, 9.17) is 4.52 Å². The fraction of sp³-hybridized carbons (Fsp3) is 0.438. The van der Waals surface area contributed by atoms with Crippen molar-refractivity contribution in [2.75, 3.05) is 6.54 Å². The van der Waals surface area contributed by atoms with Gasteiger partial charge in [-0.2, -0.15) is 0 Å². The summed E-state index contributed by atoms with van der Waals surface area (Å²) in [6.45, 7) is 5.77. The van der Waals surface area contributed by atoms with Crippen LogP contribution in [0, 0.1) is 19.7 Å². The first-order valence-corrected chi connectivity index (χ1v) is 7.06. The van der Waals surface area contributed by atoms with Crippen LogP contribution in [0.5, 0.6) is 0 Å². The SMILES string of the molecule is Cc1noc(C)c1CN1CCCC1c1cccc(F)c1. The first kappa shape index (κ1) is 13.3. The van der Waals surface area contributed by atoms with Crippen molar-refractivity contribution >= 4 is 0 Å². The Balaban J connectivity index is 1.83. The standard InChI is InChI=1S/C16H19FN2O/c1-11-15(12(2)20-18-11)10-19-8-4-7-16(19)13-5-3-6-14(17)9-13/h3,5-6,9,16H,4,7-8,10H2,1-2H3. The Morgan fingerprint density at radius 3 is 2.95 bits per heavy atom. The van der Waals surface area contributed by atoms with Crippen LogP contribution in [-0.4, -0.2) is 16.6 Å². The van der Waals surface area contributed by atoms with Crippen molar-refractivity contribution in [2.45, 2.75) is 39.3 Å². The Hall–Kier alpha value is -1.68. The molecule has 3 nitrogen and oxygen atoms in total. The van der Waals surface area contributed by atoms with Crippen molar-refractivity contribution in [1.82, 2.24) is 10.1 Å². The van der Waals surface area contributed by atoms with E-state index >= 15 is 0 Å². The minimum atomic E-state index is -0.160. The largest absolute Gasteiger partial charge is 0.361 e. The molecule has 1 aromatic carbocycles. The highest BCUT2D eigenvalue weighted by Gasteiger charge is 2.27. The summed E-state index contributed by atoms with van der Waals surface area (Å²) in [6.07, 6.45) is 2.22. The molecule has 1 unspecified atom stereocenters. The molecule has 1 atom stereocenters. The molecule has 1 aliphatic rings. The summed E-state index contributed by atoms with van der Waals surface area (Å²) in [4.78, 5) is 2.39. The van der Waals surface area contributed by atoms with Gasteiger partial charge in [-0.15, -0.1) is 0 Å². The first-order valence-electron chi connectivity index (χ1n) is 7.06. The van der Waals surface area contributed by atoms with Crippen molar-refractivity contribution in [3.63, 3.8) is 0 Å². The summed E-state index contributed by atoms with van der Waals surface area (Å²) in [7, 11) is 0. The average Bonchev–Trinajstić information content (AvgIpc) is 3.01. The van der Waals surface area contributed by atoms with E-state index < -0.39 is 0 Å². The third-order valence-corrected chi connectivity index (χ3v) is 4.14. The van der Waals surface area contributed by atoms with Gasteiger partial charge in [-0.3, -0.25) is 4.90 Å². The van der Waals surface area contributed by atoms with Crippen LogP contribution >= 0.6 is 0 Å². The molecule has 0 N–H and O–H groups in total. The van der Waals surface area contributed by atoms with E-state index in [9.17, 15) is 4.39 Å². The number of nitrogens with zero attached hydrogens (tertiary/aromatic N) is 2. The van der Waals surface area contributed by atoms with Gasteiger partial charge in [0.1, 0.15) is 11.6 Å². The third kappa shape index (κ3) is 2.48. The van der Waals surface area contributed by atoms with Crippen molar-refractivity contribution < 1.29 is 8.91 Å². The zero-order valence-electron chi connectivity index (χ0n) is 11.9. The van der Waals surface area contributed by atoms with Gasteiger partial charge in [-0.25, -0.2) is 4.39 Å². The van der Waals surface area contributed by atoms with Gasteiger partial charge >= 0.3 is 0 Å². The van der Waals surface area contributed by atoms with Crippen LogP contribution in [0.3, 0.4) is 0 Å². The third-order valence-electron chi connectivity index (χ3n) is 4.14. The quantitative estimate of drug-likeness (QED) is 0.853. The van der Waals surface area contributed by atoms with Gasteiger partial charge in [0, 0.05) is 18.2 Å². The number of hydrogen-bond acceptors (Lipinski definition) is 3. The molecule has 0 radical (unpaired) electrons. The van der Waals surface area contributed by atoms with Crippen molar-refractivity contribution in [3.8, 4) is 0 Å². The molecule has 2 aromatic rings. The fourth-order valence-corrected chi connectivity index (χ4v) is 3.04. The Labute approximate surface area is 118 Å². The van der Waals surface area contributed by atoms with Gasteiger partial charge in [-0.1, -0.05) is 17.3 Å². The van der Waals surface area contributed by atoms with E-state index in [1.54, 1.807) is 12.1 Å². The van der Waals surface area contributed by atoms with E-state index in [2.05, 4.69) is 10.1 Å². The maximum Gasteiger partial charge on any atom is 0.138 e. The summed E-state index contributed by atoms with van der Waals surface area (Å²) in [5.74, 6) is 0.721. The van der Waals surface area contributed by atoms with Gasteiger partial charge in [0.25, 0.3) is 0 Å². The van der Waals surface area contributed by atoms with Gasteiger partial charge < -0.3 is 4.52 Å². The lowest BCUT2D eigenvalue weighted by Crippen LogP contribution is -2.23. The molecule has 4 heteroatoms. The highest BCUT2D eigenvalue weighted by Crippen LogP contribution is 2.34. The zero-order chi connectivity index (χ0) is 14.1. The van der Waals surface area contributed by atoms with Gasteiger partial charge in [-0.05, 0) is 50.9 Å². The second kappa shape index (κ2) is 5.37. The Morgan fingerprint density at radius 1 is 1.40 bits per heavy atom. The van der Waals surface area contributed by atoms with E-state index in [1.807, 2.05) is 19.9 Å². The van der Waals surface area contributed by atoms with E-state index in [0.29, 0.717) is 6.04 Å². The highest BCUT2D eigenvalue weighted by atomic mass is 19.1. The van der Waals surface area contributed by atoms with Crippen molar-refractivity contribution in [2.24, 2.45) is 0 Å². The first-order chi connectivity index (χ1) is 9.65. The summed E-state index contributed by atoms with van der Waals surface area (Å²) in [5.41, 5.74) is 3.18. The Bertz CT molecular complexity index is 589. The molecule has 3 rings (SSSR count). The molecule has 0 spiro atoms. The Morgan fingerprint density at radius 2 is 2.25 bits per heavy atom. The number of benzene rings is 1. The van der Waals surface area contributed by atoms with Crippen LogP contribution in [0.25, 0.3) is 0 Å². The summed E-state index contributed by atoms with van der Waals surface area (Å²) in [6, 6.07) is 7.24. The van der Waals surface area contributed by atoms with Gasteiger partial charge in [0.2, 0.25) is 0 Å². The molecule has 1 fully saturated rings. The molecule has 0 aliphatic carbocycles. The second-order valence-electron chi connectivity index (χ2n) is 5.49. The highest BCUT2D eigenvalue weighted by molar-refractivity contribution is 5.24. The molecule has 20 heavy (non-hydrogen) atoms. The summed E-state index contributed by atoms with van der Waals surface area (Å²) >= 11 is 0. The van der Waals surface area contributed by atoms with Crippen molar-refractivity contribution in [1.29, 1.82) is 0 Å². The van der Waals surface area contributed by atoms with Crippen LogP contribution in [-0.2, 0) is 6.54 Å². The van der Waals surface area contributed by atoms with Crippen molar-refractivity contribution in [3.05, 3.63) is 52.7 Å². The van der Waals surface area contributed by atoms with E-state index in [-0.39, 0.29) is 5.82 Å². The monoisotopic (exact) mass is 274 g/mol. The van der Waals surface area contributed by atoms with E-state index in [1.165, 1.54) is 6.07 Å². The lowest BCUT2D eigenvalue weighted by Gasteiger charge is -2.24. The summed E-state index contributed by atoms with van der Waals surface area (Å²) in [5, 5.41) is 4.01. The number of halogens is 1. The van der Waals surface area contributed by atoms with Crippen LogP contribution < -0.4 is 0 Å². The Kier molecular flexibility index (Phi) is 3.57. The van der Waals surface area contributed by atoms with E-state index in [0.717, 1.165) is 48.5 Å². The normalized spacial score (nSPS) is 19.6. The predicted octanol–water partition coefficient (Wildman–Crippen LogP) is 3.77. The number of aryl methyl sites for hydroxylation is 2. The van der Waals surface area contributed by atoms with Crippen LogP contribution in [0.15, 0.2) is 28.8 Å². The molecule has 0 bridgehead atoms. The van der Waals surface area contributed by atoms with Crippen LogP contribution in [0.4, 0.5) is 4.39 Å². The maximum absolute atomic E-state index is 13.4. The lowest BCUT2D eigenvalue weighted by molar-refractivity contribution is 0.246. The van der Waals surface area contributed by atoms with Gasteiger partial charge in [0.15, 0.2) is 0 Å². The minimum absolute atomic E-state index is 0.160. The predicted molar refractivity (Wildman–Crippen MR) is 74.8 cm³/mol. The average molecular weight is 274 g/mol. The molecule has 1 aliphatic heterocycles. The number of likely N-dealkylation sites (tertiary alicyclic amines) is 1. The molecule has 0 amide bonds. The number of rotatable bonds is 3. The maximum atomic E-state index is 13.4.